The van der Waals surface area contributed by atoms with Gasteiger partial charge in [-0.25, -0.2) is 0 Å². The fraction of sp³-hybridized carbons (Fsp3) is 0.778. The van der Waals surface area contributed by atoms with Gasteiger partial charge in [0.15, 0.2) is 0 Å². The van der Waals surface area contributed by atoms with Crippen LogP contribution in [-0.4, -0.2) is 11.2 Å². The van der Waals surface area contributed by atoms with Crippen LogP contribution in [0.1, 0.15) is 26.7 Å². The average Bonchev–Trinajstić information content (AvgIpc) is 1.88. The molecule has 0 aromatic rings. The first-order valence-electron chi connectivity index (χ1n) is 4.05. The standard InChI is InChI=1S/C9H16O/c1-7-4-3-5-9(6-7)8(2)10/h3-4,7-10H,5-6H2,1-2H3. The van der Waals surface area contributed by atoms with E-state index in [1.54, 1.807) is 0 Å². The highest BCUT2D eigenvalue weighted by atomic mass is 16.3. The predicted molar refractivity (Wildman–Crippen MR) is 42.7 cm³/mol. The van der Waals surface area contributed by atoms with Gasteiger partial charge in [-0.05, 0) is 31.6 Å². The molecule has 0 aromatic heterocycles. The van der Waals surface area contributed by atoms with Crippen molar-refractivity contribution < 1.29 is 5.11 Å². The van der Waals surface area contributed by atoms with Crippen LogP contribution in [0.2, 0.25) is 0 Å². The Bertz CT molecular complexity index is 127. The van der Waals surface area contributed by atoms with Gasteiger partial charge in [-0.15, -0.1) is 0 Å². The van der Waals surface area contributed by atoms with E-state index in [1.165, 1.54) is 0 Å². The van der Waals surface area contributed by atoms with Gasteiger partial charge >= 0.3 is 0 Å². The van der Waals surface area contributed by atoms with E-state index in [1.807, 2.05) is 6.92 Å². The third-order valence-electron chi connectivity index (χ3n) is 2.26. The van der Waals surface area contributed by atoms with Crippen molar-refractivity contribution in [2.45, 2.75) is 32.8 Å². The predicted octanol–water partition coefficient (Wildman–Crippen LogP) is 1.97. The Morgan fingerprint density at radius 3 is 2.70 bits per heavy atom. The molecule has 0 heterocycles. The smallest absolute Gasteiger partial charge is 0.0543 e. The van der Waals surface area contributed by atoms with Gasteiger partial charge in [0.05, 0.1) is 6.10 Å². The Morgan fingerprint density at radius 1 is 1.60 bits per heavy atom. The Labute approximate surface area is 62.8 Å². The number of allylic oxidation sites excluding steroid dienone is 2. The van der Waals surface area contributed by atoms with E-state index in [0.29, 0.717) is 11.8 Å². The van der Waals surface area contributed by atoms with Crippen LogP contribution in [0, 0.1) is 11.8 Å². The highest BCUT2D eigenvalue weighted by molar-refractivity contribution is 4.95. The molecule has 0 saturated carbocycles. The van der Waals surface area contributed by atoms with Crippen LogP contribution >= 0.6 is 0 Å². The molecule has 3 atom stereocenters. The van der Waals surface area contributed by atoms with Crippen LogP contribution in [-0.2, 0) is 0 Å². The Morgan fingerprint density at radius 2 is 2.30 bits per heavy atom. The second kappa shape index (κ2) is 3.20. The van der Waals surface area contributed by atoms with Gasteiger partial charge in [0.1, 0.15) is 0 Å². The minimum Gasteiger partial charge on any atom is -0.393 e. The van der Waals surface area contributed by atoms with Crippen molar-refractivity contribution in [3.05, 3.63) is 12.2 Å². The van der Waals surface area contributed by atoms with Gasteiger partial charge in [0.2, 0.25) is 0 Å². The summed E-state index contributed by atoms with van der Waals surface area (Å²) in [6.45, 7) is 4.08. The molecular weight excluding hydrogens is 124 g/mol. The van der Waals surface area contributed by atoms with Gasteiger partial charge in [-0.3, -0.25) is 0 Å². The summed E-state index contributed by atoms with van der Waals surface area (Å²) in [7, 11) is 0. The lowest BCUT2D eigenvalue weighted by molar-refractivity contribution is 0.112. The van der Waals surface area contributed by atoms with Crippen molar-refractivity contribution in [3.8, 4) is 0 Å². The summed E-state index contributed by atoms with van der Waals surface area (Å²) in [4.78, 5) is 0. The lowest BCUT2D eigenvalue weighted by atomic mass is 9.85. The molecule has 0 spiro atoms. The van der Waals surface area contributed by atoms with Crippen LogP contribution in [0.3, 0.4) is 0 Å². The third kappa shape index (κ3) is 1.84. The van der Waals surface area contributed by atoms with E-state index in [2.05, 4.69) is 19.1 Å². The maximum absolute atomic E-state index is 9.26. The summed E-state index contributed by atoms with van der Waals surface area (Å²) in [5, 5.41) is 9.26. The normalized spacial score (nSPS) is 35.9. The number of hydrogen-bond donors (Lipinski definition) is 1. The van der Waals surface area contributed by atoms with Crippen LogP contribution in [0.4, 0.5) is 0 Å². The highest BCUT2D eigenvalue weighted by Gasteiger charge is 2.18. The SMILES string of the molecule is CC1C=CCC(C(C)O)C1. The van der Waals surface area contributed by atoms with E-state index in [-0.39, 0.29) is 6.10 Å². The van der Waals surface area contributed by atoms with E-state index >= 15 is 0 Å². The van der Waals surface area contributed by atoms with Crippen molar-refractivity contribution in [2.24, 2.45) is 11.8 Å². The zero-order chi connectivity index (χ0) is 7.56. The maximum atomic E-state index is 9.26. The van der Waals surface area contributed by atoms with E-state index in [0.717, 1.165) is 12.8 Å². The molecule has 1 heteroatoms. The molecule has 0 fully saturated rings. The molecule has 0 amide bonds. The first-order chi connectivity index (χ1) is 4.70. The maximum Gasteiger partial charge on any atom is 0.0543 e. The van der Waals surface area contributed by atoms with Crippen molar-refractivity contribution >= 4 is 0 Å². The van der Waals surface area contributed by atoms with Gasteiger partial charge in [-0.2, -0.15) is 0 Å². The van der Waals surface area contributed by atoms with Crippen molar-refractivity contribution in [1.29, 1.82) is 0 Å². The molecule has 0 aromatic carbocycles. The largest absolute Gasteiger partial charge is 0.393 e. The Kier molecular flexibility index (Phi) is 2.50. The minimum atomic E-state index is -0.132. The van der Waals surface area contributed by atoms with Crippen LogP contribution < -0.4 is 0 Å². The Hall–Kier alpha value is -0.300. The molecule has 1 N–H and O–H groups in total. The molecule has 1 nitrogen and oxygen atoms in total. The summed E-state index contributed by atoms with van der Waals surface area (Å²) in [6.07, 6.45) is 6.49. The van der Waals surface area contributed by atoms with Crippen LogP contribution in [0.25, 0.3) is 0 Å². The van der Waals surface area contributed by atoms with Gasteiger partial charge in [0.25, 0.3) is 0 Å². The second-order valence-electron chi connectivity index (χ2n) is 3.38. The highest BCUT2D eigenvalue weighted by Crippen LogP contribution is 2.25. The van der Waals surface area contributed by atoms with Gasteiger partial charge in [0, 0.05) is 0 Å². The van der Waals surface area contributed by atoms with Crippen LogP contribution in [0.15, 0.2) is 12.2 Å². The summed E-state index contributed by atoms with van der Waals surface area (Å²) < 4.78 is 0. The van der Waals surface area contributed by atoms with E-state index < -0.39 is 0 Å². The number of hydrogen-bond acceptors (Lipinski definition) is 1. The molecular formula is C9H16O. The summed E-state index contributed by atoms with van der Waals surface area (Å²) in [6, 6.07) is 0. The van der Waals surface area contributed by atoms with Gasteiger partial charge in [-0.1, -0.05) is 19.1 Å². The lowest BCUT2D eigenvalue weighted by Gasteiger charge is -2.24. The lowest BCUT2D eigenvalue weighted by Crippen LogP contribution is -2.20. The molecule has 10 heavy (non-hydrogen) atoms. The minimum absolute atomic E-state index is 0.132. The molecule has 1 aliphatic rings. The van der Waals surface area contributed by atoms with Crippen molar-refractivity contribution in [3.63, 3.8) is 0 Å². The zero-order valence-electron chi connectivity index (χ0n) is 6.75. The quantitative estimate of drug-likeness (QED) is 0.552. The first kappa shape index (κ1) is 7.80. The van der Waals surface area contributed by atoms with Crippen molar-refractivity contribution in [2.75, 3.05) is 0 Å². The van der Waals surface area contributed by atoms with Crippen molar-refractivity contribution in [1.82, 2.24) is 0 Å². The Balaban J connectivity index is 2.44. The fourth-order valence-corrected chi connectivity index (χ4v) is 1.53. The number of aliphatic hydroxyl groups is 1. The van der Waals surface area contributed by atoms with E-state index in [9.17, 15) is 5.11 Å². The molecule has 0 bridgehead atoms. The molecule has 0 aliphatic heterocycles. The average molecular weight is 140 g/mol. The molecule has 1 aliphatic carbocycles. The summed E-state index contributed by atoms with van der Waals surface area (Å²) in [5.41, 5.74) is 0. The van der Waals surface area contributed by atoms with E-state index in [4.69, 9.17) is 0 Å². The molecule has 0 radical (unpaired) electrons. The van der Waals surface area contributed by atoms with Gasteiger partial charge < -0.3 is 5.11 Å². The third-order valence-corrected chi connectivity index (χ3v) is 2.26. The molecule has 0 saturated heterocycles. The second-order valence-corrected chi connectivity index (χ2v) is 3.38. The molecule has 58 valence electrons. The molecule has 3 unspecified atom stereocenters. The van der Waals surface area contributed by atoms with Crippen LogP contribution in [0.5, 0.6) is 0 Å². The monoisotopic (exact) mass is 140 g/mol. The molecule has 1 rings (SSSR count). The number of aliphatic hydroxyl groups excluding tert-OH is 1. The fourth-order valence-electron chi connectivity index (χ4n) is 1.53. The number of rotatable bonds is 1. The zero-order valence-corrected chi connectivity index (χ0v) is 6.75. The topological polar surface area (TPSA) is 20.2 Å². The summed E-state index contributed by atoms with van der Waals surface area (Å²) >= 11 is 0. The first-order valence-corrected chi connectivity index (χ1v) is 4.05. The summed E-state index contributed by atoms with van der Waals surface area (Å²) in [5.74, 6) is 1.16.